The van der Waals surface area contributed by atoms with Gasteiger partial charge >= 0.3 is 0 Å². The molecule has 3 heteroatoms. The highest BCUT2D eigenvalue weighted by Crippen LogP contribution is 1.97. The van der Waals surface area contributed by atoms with Crippen LogP contribution in [0.3, 0.4) is 0 Å². The number of halogens is 2. The van der Waals surface area contributed by atoms with E-state index in [9.17, 15) is 4.39 Å². The second-order valence-electron chi connectivity index (χ2n) is 1.44. The van der Waals surface area contributed by atoms with Gasteiger partial charge in [-0.3, -0.25) is 4.39 Å². The molecule has 0 aromatic rings. The first kappa shape index (κ1) is 11.4. The van der Waals surface area contributed by atoms with E-state index in [4.69, 9.17) is 0 Å². The van der Waals surface area contributed by atoms with Crippen molar-refractivity contribution in [2.75, 3.05) is 12.0 Å². The molecule has 0 aliphatic heterocycles. The molecule has 0 radical (unpaired) electrons. The molecule has 0 heterocycles. The van der Waals surface area contributed by atoms with Crippen LogP contribution < -0.4 is 0 Å². The van der Waals surface area contributed by atoms with Crippen molar-refractivity contribution in [1.82, 2.24) is 0 Å². The van der Waals surface area contributed by atoms with Crippen molar-refractivity contribution in [2.45, 2.75) is 19.3 Å². The molecule has 0 spiro atoms. The van der Waals surface area contributed by atoms with Gasteiger partial charge in [0, 0.05) is 5.33 Å². The van der Waals surface area contributed by atoms with Gasteiger partial charge < -0.3 is 0 Å². The molecule has 0 aromatic carbocycles. The van der Waals surface area contributed by atoms with Crippen LogP contribution in [0.15, 0.2) is 0 Å². The van der Waals surface area contributed by atoms with Gasteiger partial charge in [-0.15, -0.1) is 0 Å². The first-order valence-corrected chi connectivity index (χ1v) is 3.66. The topological polar surface area (TPSA) is 0 Å². The van der Waals surface area contributed by atoms with Crippen molar-refractivity contribution in [3.63, 3.8) is 0 Å². The lowest BCUT2D eigenvalue weighted by Crippen LogP contribution is -1.77. The predicted octanol–water partition coefficient (Wildman–Crippen LogP) is 1.07. The molecule has 0 aliphatic carbocycles. The maximum Gasteiger partial charge on any atom is 0.0894 e. The highest BCUT2D eigenvalue weighted by molar-refractivity contribution is 9.09. The zero-order chi connectivity index (χ0) is 5.54. The summed E-state index contributed by atoms with van der Waals surface area (Å²) in [6, 6.07) is 0. The fraction of sp³-hybridized carbons (Fsp3) is 1.00. The van der Waals surface area contributed by atoms with E-state index in [2.05, 4.69) is 15.9 Å². The van der Waals surface area contributed by atoms with Crippen LogP contribution in [0.25, 0.3) is 0 Å². The van der Waals surface area contributed by atoms with Gasteiger partial charge in [0.15, 0.2) is 0 Å². The predicted molar refractivity (Wildman–Crippen MR) is 45.0 cm³/mol. The van der Waals surface area contributed by atoms with Gasteiger partial charge in [0.25, 0.3) is 0 Å². The Balaban J connectivity index is 0. The van der Waals surface area contributed by atoms with E-state index >= 15 is 0 Å². The maximum absolute atomic E-state index is 11.3. The van der Waals surface area contributed by atoms with E-state index in [1.54, 1.807) is 0 Å². The molecule has 0 saturated carbocycles. The van der Waals surface area contributed by atoms with Crippen LogP contribution in [-0.4, -0.2) is 23.0 Å². The van der Waals surface area contributed by atoms with E-state index < -0.39 is 0 Å². The van der Waals surface area contributed by atoms with Gasteiger partial charge in [-0.2, -0.15) is 0 Å². The van der Waals surface area contributed by atoms with Gasteiger partial charge in [0.2, 0.25) is 0 Å². The molecule has 0 amide bonds. The minimum atomic E-state index is -0.160. The summed E-state index contributed by atoms with van der Waals surface area (Å²) in [5.41, 5.74) is 0. The van der Waals surface area contributed by atoms with Crippen LogP contribution in [0.1, 0.15) is 19.3 Å². The molecule has 0 fully saturated rings. The smallest absolute Gasteiger partial charge is 0.0894 e. The first-order chi connectivity index (χ1) is 3.41. The second-order valence-corrected chi connectivity index (χ2v) is 2.23. The Hall–Kier alpha value is 0.627. The fourth-order valence-electron chi connectivity index (χ4n) is 0.366. The normalized spacial score (nSPS) is 8.25. The molecule has 0 nitrogen and oxygen atoms in total. The summed E-state index contributed by atoms with van der Waals surface area (Å²) in [5.74, 6) is 0. The standard InChI is InChI=1S/C5H10BrF.H4Si/c6-4-2-1-3-5-7;/h1-5H2;1H4. The van der Waals surface area contributed by atoms with Crippen LogP contribution in [-0.2, 0) is 0 Å². The molecule has 0 aliphatic rings. The van der Waals surface area contributed by atoms with Gasteiger partial charge in [-0.05, 0) is 23.8 Å². The van der Waals surface area contributed by atoms with E-state index in [-0.39, 0.29) is 17.6 Å². The van der Waals surface area contributed by atoms with Crippen molar-refractivity contribution >= 4 is 26.9 Å². The van der Waals surface area contributed by atoms with Gasteiger partial charge in [0.05, 0.1) is 6.67 Å². The number of hydrogen-bond donors (Lipinski definition) is 0. The Morgan fingerprint density at radius 1 is 1.12 bits per heavy atom. The molecule has 0 saturated heterocycles. The van der Waals surface area contributed by atoms with E-state index in [1.807, 2.05) is 0 Å². The largest absolute Gasteiger partial charge is 0.251 e. The summed E-state index contributed by atoms with van der Waals surface area (Å²) in [5, 5.41) is 1.01. The summed E-state index contributed by atoms with van der Waals surface area (Å²) in [4.78, 5) is 0. The Labute approximate surface area is 63.0 Å². The third-order valence-electron chi connectivity index (χ3n) is 0.767. The van der Waals surface area contributed by atoms with E-state index in [1.165, 1.54) is 0 Å². The van der Waals surface area contributed by atoms with Crippen molar-refractivity contribution in [3.8, 4) is 0 Å². The second kappa shape index (κ2) is 10.6. The highest BCUT2D eigenvalue weighted by atomic mass is 79.9. The maximum atomic E-state index is 11.3. The molecule has 0 unspecified atom stereocenters. The highest BCUT2D eigenvalue weighted by Gasteiger charge is 1.82. The summed E-state index contributed by atoms with van der Waals surface area (Å²) < 4.78 is 11.3. The summed E-state index contributed by atoms with van der Waals surface area (Å²) in [6.07, 6.45) is 2.84. The molecule has 52 valence electrons. The summed E-state index contributed by atoms with van der Waals surface area (Å²) in [7, 11) is 0. The fourth-order valence-corrected chi connectivity index (χ4v) is 0.762. The first-order valence-electron chi connectivity index (χ1n) is 2.53. The SMILES string of the molecule is FCCCCCBr.[SiH4]. The van der Waals surface area contributed by atoms with Crippen molar-refractivity contribution in [1.29, 1.82) is 0 Å². The minimum absolute atomic E-state index is 0. The molecule has 0 N–H and O–H groups in total. The van der Waals surface area contributed by atoms with Gasteiger partial charge in [-0.1, -0.05) is 22.4 Å². The monoisotopic (exact) mass is 200 g/mol. The third-order valence-corrected chi connectivity index (χ3v) is 1.33. The van der Waals surface area contributed by atoms with Crippen LogP contribution in [0.4, 0.5) is 4.39 Å². The molecule has 0 atom stereocenters. The number of unbranched alkanes of at least 4 members (excludes halogenated alkanes) is 2. The molecule has 0 bridgehead atoms. The Bertz CT molecular complexity index is 31.6. The Morgan fingerprint density at radius 2 is 1.75 bits per heavy atom. The number of alkyl halides is 2. The van der Waals surface area contributed by atoms with Crippen molar-refractivity contribution in [3.05, 3.63) is 0 Å². The van der Waals surface area contributed by atoms with Crippen LogP contribution in [0.2, 0.25) is 0 Å². The number of hydrogen-bond acceptors (Lipinski definition) is 0. The Kier molecular flexibility index (Phi) is 15.1. The average molecular weight is 201 g/mol. The minimum Gasteiger partial charge on any atom is -0.251 e. The van der Waals surface area contributed by atoms with Crippen molar-refractivity contribution < 1.29 is 4.39 Å². The van der Waals surface area contributed by atoms with Crippen LogP contribution >= 0.6 is 15.9 Å². The molecule has 0 aromatic heterocycles. The summed E-state index contributed by atoms with van der Waals surface area (Å²) >= 11 is 3.26. The third kappa shape index (κ3) is 9.80. The lowest BCUT2D eigenvalue weighted by Gasteiger charge is -1.88. The zero-order valence-electron chi connectivity index (χ0n) is 4.29. The van der Waals surface area contributed by atoms with Crippen molar-refractivity contribution in [2.24, 2.45) is 0 Å². The zero-order valence-corrected chi connectivity index (χ0v) is 5.88. The van der Waals surface area contributed by atoms with E-state index in [0.29, 0.717) is 0 Å². The quantitative estimate of drug-likeness (QED) is 0.362. The van der Waals surface area contributed by atoms with Crippen LogP contribution in [0.5, 0.6) is 0 Å². The molecular formula is C5H14BrFSi. The van der Waals surface area contributed by atoms with E-state index in [0.717, 1.165) is 24.6 Å². The summed E-state index contributed by atoms with van der Waals surface area (Å²) in [6.45, 7) is -0.160. The lowest BCUT2D eigenvalue weighted by molar-refractivity contribution is 0.461. The Morgan fingerprint density at radius 3 is 2.12 bits per heavy atom. The average Bonchev–Trinajstić information content (AvgIpc) is 1.69. The number of rotatable bonds is 4. The molecule has 8 heavy (non-hydrogen) atoms. The molecule has 0 rings (SSSR count). The van der Waals surface area contributed by atoms with Gasteiger partial charge in [-0.25, -0.2) is 0 Å². The van der Waals surface area contributed by atoms with Gasteiger partial charge in [0.1, 0.15) is 0 Å². The van der Waals surface area contributed by atoms with Crippen LogP contribution in [0, 0.1) is 0 Å². The molecular weight excluding hydrogens is 187 g/mol. The lowest BCUT2D eigenvalue weighted by atomic mass is 10.3.